The number of allylic oxidation sites excluding steroid dienone is 1. The summed E-state index contributed by atoms with van der Waals surface area (Å²) in [5.41, 5.74) is 9.07. The Kier molecular flexibility index (Phi) is 11.1. The molecule has 0 saturated carbocycles. The zero-order valence-corrected chi connectivity index (χ0v) is 35.6. The standard InChI is InChI=1S/C42H67GeOP/c1-20-21-35-38(45-37-33(40(11,12)13)24-30(39(8,9)10)25-34(37)41(14,15)16)43(44-35,42(17,18)19)36-31(27(4)5)22-29(26(2)3)23-32(36)28(6)7/h20-28,35H,1-19H3/b21-20+/t35-,43-/m0/s1. The van der Waals surface area contributed by atoms with Crippen LogP contribution in [0.15, 0.2) is 36.4 Å². The molecule has 1 nitrogen and oxygen atoms in total. The van der Waals surface area contributed by atoms with Crippen LogP contribution in [-0.2, 0) is 20.0 Å². The van der Waals surface area contributed by atoms with Gasteiger partial charge in [0.2, 0.25) is 0 Å². The first-order valence-electron chi connectivity index (χ1n) is 17.6. The van der Waals surface area contributed by atoms with Crippen molar-refractivity contribution in [3.63, 3.8) is 0 Å². The average Bonchev–Trinajstić information content (AvgIpc) is 2.85. The van der Waals surface area contributed by atoms with Crippen molar-refractivity contribution in [2.24, 2.45) is 0 Å². The molecular weight excluding hydrogens is 624 g/mol. The second-order valence-electron chi connectivity index (χ2n) is 18.7. The predicted molar refractivity (Wildman–Crippen MR) is 208 cm³/mol. The summed E-state index contributed by atoms with van der Waals surface area (Å²) in [6.07, 6.45) is 4.60. The van der Waals surface area contributed by atoms with Crippen LogP contribution in [0.1, 0.15) is 183 Å². The maximum absolute atomic E-state index is 7.57. The van der Waals surface area contributed by atoms with Crippen molar-refractivity contribution in [3.8, 4) is 0 Å². The van der Waals surface area contributed by atoms with Crippen LogP contribution in [0.3, 0.4) is 0 Å². The molecule has 0 radical (unpaired) electrons. The monoisotopic (exact) mass is 692 g/mol. The molecule has 0 aliphatic carbocycles. The van der Waals surface area contributed by atoms with E-state index in [0.717, 1.165) is 0 Å². The molecule has 45 heavy (non-hydrogen) atoms. The minimum absolute atomic E-state index is 0.0212. The fourth-order valence-corrected chi connectivity index (χ4v) is 23.2. The van der Waals surface area contributed by atoms with Crippen LogP contribution in [-0.4, -0.2) is 23.8 Å². The first-order chi connectivity index (χ1) is 20.3. The van der Waals surface area contributed by atoms with Crippen molar-refractivity contribution in [1.29, 1.82) is 0 Å². The Hall–Kier alpha value is -1.15. The molecular formula is C42H67GeOP. The van der Waals surface area contributed by atoms with Crippen molar-refractivity contribution in [2.75, 3.05) is 0 Å². The summed E-state index contributed by atoms with van der Waals surface area (Å²) in [6.45, 7) is 45.4. The Bertz CT molecular complexity index is 1380. The fraction of sp³-hybridized carbons (Fsp3) is 0.643. The molecule has 0 unspecified atom stereocenters. The molecule has 250 valence electrons. The first kappa shape index (κ1) is 38.3. The summed E-state index contributed by atoms with van der Waals surface area (Å²) in [6, 6.07) is 10.2. The molecule has 2 aromatic carbocycles. The molecule has 1 saturated heterocycles. The number of rotatable bonds is 6. The second-order valence-corrected chi connectivity index (χ2v) is 29.4. The summed E-state index contributed by atoms with van der Waals surface area (Å²) < 4.78 is 10.9. The Balaban J connectivity index is 2.65. The van der Waals surface area contributed by atoms with Crippen LogP contribution in [0, 0.1) is 0 Å². The van der Waals surface area contributed by atoms with E-state index in [0.29, 0.717) is 17.8 Å². The van der Waals surface area contributed by atoms with E-state index >= 15 is 0 Å². The summed E-state index contributed by atoms with van der Waals surface area (Å²) in [7, 11) is 1.37. The minimum atomic E-state index is -3.42. The topological polar surface area (TPSA) is 9.23 Å². The summed E-state index contributed by atoms with van der Waals surface area (Å²) in [4.78, 5) is 0. The fourth-order valence-electron chi connectivity index (χ4n) is 6.83. The third kappa shape index (κ3) is 7.47. The van der Waals surface area contributed by atoms with Gasteiger partial charge in [-0.25, -0.2) is 0 Å². The predicted octanol–water partition coefficient (Wildman–Crippen LogP) is 11.9. The van der Waals surface area contributed by atoms with Crippen LogP contribution in [0.25, 0.3) is 0 Å². The van der Waals surface area contributed by atoms with Crippen molar-refractivity contribution in [2.45, 2.75) is 176 Å². The van der Waals surface area contributed by atoms with E-state index in [2.05, 4.69) is 168 Å². The van der Waals surface area contributed by atoms with Crippen molar-refractivity contribution in [3.05, 3.63) is 69.8 Å². The Labute approximate surface area is 283 Å². The average molecular weight is 692 g/mol. The normalized spacial score (nSPS) is 21.1. The van der Waals surface area contributed by atoms with Crippen molar-refractivity contribution < 1.29 is 3.76 Å². The van der Waals surface area contributed by atoms with Crippen LogP contribution < -0.4 is 9.70 Å². The molecule has 3 heteroatoms. The van der Waals surface area contributed by atoms with E-state index in [1.165, 1.54) is 46.9 Å². The third-order valence-electron chi connectivity index (χ3n) is 9.67. The van der Waals surface area contributed by atoms with Crippen molar-refractivity contribution in [1.82, 2.24) is 0 Å². The van der Waals surface area contributed by atoms with Gasteiger partial charge in [-0.15, -0.1) is 0 Å². The summed E-state index contributed by atoms with van der Waals surface area (Å²) in [5, 5.41) is 1.52. The molecule has 2 aromatic rings. The van der Waals surface area contributed by atoms with E-state index < -0.39 is 13.6 Å². The van der Waals surface area contributed by atoms with Crippen LogP contribution >= 0.6 is 8.20 Å². The quantitative estimate of drug-likeness (QED) is 0.166. The number of hydrogen-bond acceptors (Lipinski definition) is 1. The first-order valence-corrected chi connectivity index (χ1v) is 22.5. The molecule has 1 aliphatic heterocycles. The van der Waals surface area contributed by atoms with Gasteiger partial charge < -0.3 is 0 Å². The van der Waals surface area contributed by atoms with E-state index in [-0.39, 0.29) is 26.6 Å². The molecule has 0 bridgehead atoms. The number of benzene rings is 2. The van der Waals surface area contributed by atoms with Gasteiger partial charge in [-0.3, -0.25) is 0 Å². The van der Waals surface area contributed by atoms with Gasteiger partial charge in [-0.2, -0.15) is 0 Å². The van der Waals surface area contributed by atoms with Gasteiger partial charge in [0.25, 0.3) is 0 Å². The molecule has 0 amide bonds. The van der Waals surface area contributed by atoms with E-state index in [4.69, 9.17) is 3.76 Å². The van der Waals surface area contributed by atoms with Gasteiger partial charge in [0.05, 0.1) is 0 Å². The van der Waals surface area contributed by atoms with Gasteiger partial charge in [0.15, 0.2) is 0 Å². The molecule has 0 N–H and O–H groups in total. The van der Waals surface area contributed by atoms with Crippen LogP contribution in [0.2, 0.25) is 4.25 Å². The Morgan fingerprint density at radius 1 is 0.667 bits per heavy atom. The molecule has 1 heterocycles. The Morgan fingerprint density at radius 2 is 1.11 bits per heavy atom. The van der Waals surface area contributed by atoms with E-state index in [1.54, 1.807) is 8.52 Å². The second kappa shape index (κ2) is 13.0. The van der Waals surface area contributed by atoms with Gasteiger partial charge in [-0.05, 0) is 0 Å². The van der Waals surface area contributed by atoms with E-state index in [1.807, 2.05) is 0 Å². The zero-order valence-electron chi connectivity index (χ0n) is 32.6. The molecule has 0 aromatic heterocycles. The summed E-state index contributed by atoms with van der Waals surface area (Å²) in [5.74, 6) is 1.37. The maximum atomic E-state index is 7.57. The van der Waals surface area contributed by atoms with Gasteiger partial charge in [0, 0.05) is 0 Å². The number of hydrogen-bond donors (Lipinski definition) is 0. The van der Waals surface area contributed by atoms with Crippen LogP contribution in [0.4, 0.5) is 0 Å². The van der Waals surface area contributed by atoms with Crippen LogP contribution in [0.5, 0.6) is 0 Å². The SMILES string of the molecule is C/C=C/[C@@H]1[O][Ge@]([c]2c(C(C)C)cc(C(C)C)cc2C(C)C)([C](C)(C)C)[C]1=Pc1c(C(C)(C)C)cc(C(C)(C)C)cc1C(C)(C)C. The molecule has 1 aliphatic rings. The third-order valence-corrected chi connectivity index (χ3v) is 23.7. The van der Waals surface area contributed by atoms with Gasteiger partial charge >= 0.3 is 285 Å². The molecule has 2 atom stereocenters. The Morgan fingerprint density at radius 3 is 1.42 bits per heavy atom. The molecule has 1 fully saturated rings. The summed E-state index contributed by atoms with van der Waals surface area (Å²) >= 11 is -3.42. The van der Waals surface area contributed by atoms with E-state index in [9.17, 15) is 0 Å². The van der Waals surface area contributed by atoms with Gasteiger partial charge in [0.1, 0.15) is 0 Å². The zero-order chi connectivity index (χ0) is 34.7. The molecule has 3 rings (SSSR count). The van der Waals surface area contributed by atoms with Gasteiger partial charge in [-0.1, -0.05) is 0 Å². The van der Waals surface area contributed by atoms with Crippen molar-refractivity contribution >= 4 is 35.6 Å². The molecule has 0 spiro atoms.